The molecule has 27 heavy (non-hydrogen) atoms. The van der Waals surface area contributed by atoms with E-state index in [1.54, 1.807) is 37.6 Å². The summed E-state index contributed by atoms with van der Waals surface area (Å²) in [6.45, 7) is 1.27. The van der Waals surface area contributed by atoms with E-state index in [1.807, 2.05) is 18.2 Å². The molecule has 0 aliphatic carbocycles. The van der Waals surface area contributed by atoms with Crippen LogP contribution in [0.2, 0.25) is 5.02 Å². The minimum absolute atomic E-state index is 0. The van der Waals surface area contributed by atoms with Gasteiger partial charge in [-0.15, -0.1) is 0 Å². The van der Waals surface area contributed by atoms with Gasteiger partial charge in [0.05, 0.1) is 24.9 Å². The molecule has 0 unspecified atom stereocenters. The lowest BCUT2D eigenvalue weighted by Crippen LogP contribution is -3.00. The van der Waals surface area contributed by atoms with Crippen molar-refractivity contribution in [3.05, 3.63) is 82.5 Å². The highest BCUT2D eigenvalue weighted by Crippen LogP contribution is 2.37. The second-order valence-electron chi connectivity index (χ2n) is 5.67. The predicted molar refractivity (Wildman–Crippen MR) is 98.0 cm³/mol. The normalized spacial score (nSPS) is 10.3. The second-order valence-corrected chi connectivity index (χ2v) is 6.08. The summed E-state index contributed by atoms with van der Waals surface area (Å²) in [5.41, 5.74) is 1.39. The Hall–Kier alpha value is -2.21. The van der Waals surface area contributed by atoms with Crippen LogP contribution in [0, 0.1) is 5.82 Å². The van der Waals surface area contributed by atoms with E-state index >= 15 is 0 Å². The van der Waals surface area contributed by atoms with Crippen LogP contribution in [0.3, 0.4) is 0 Å². The van der Waals surface area contributed by atoms with Crippen LogP contribution in [-0.4, -0.2) is 7.11 Å². The van der Waals surface area contributed by atoms with Gasteiger partial charge in [0.15, 0.2) is 11.5 Å². The van der Waals surface area contributed by atoms with Crippen molar-refractivity contribution in [2.45, 2.75) is 19.7 Å². The molecule has 3 aromatic rings. The topological polar surface area (TPSA) is 43.6 Å². The number of hydrogen-bond donors (Lipinski definition) is 1. The van der Waals surface area contributed by atoms with Gasteiger partial charge in [0, 0.05) is 12.1 Å². The van der Waals surface area contributed by atoms with Crippen LogP contribution in [0.1, 0.15) is 16.9 Å². The van der Waals surface area contributed by atoms with Gasteiger partial charge in [0.2, 0.25) is 0 Å². The summed E-state index contributed by atoms with van der Waals surface area (Å²) in [5.74, 6) is 1.44. The van der Waals surface area contributed by atoms with E-state index in [1.165, 1.54) is 6.07 Å². The molecular weight excluding hydrogens is 392 g/mol. The predicted octanol–water partition coefficient (Wildman–Crippen LogP) is 1.95. The first-order valence-electron chi connectivity index (χ1n) is 8.13. The Kier molecular flexibility index (Phi) is 7.98. The van der Waals surface area contributed by atoms with Crippen LogP contribution < -0.4 is 27.2 Å². The molecule has 7 heteroatoms. The lowest BCUT2D eigenvalue weighted by atomic mass is 10.2. The van der Waals surface area contributed by atoms with Crippen molar-refractivity contribution < 1.29 is 30.7 Å². The maximum absolute atomic E-state index is 13.7. The molecule has 0 spiro atoms. The molecule has 1 aromatic heterocycles. The average Bonchev–Trinajstić information content (AvgIpc) is 3.15. The van der Waals surface area contributed by atoms with Crippen molar-refractivity contribution in [3.8, 4) is 11.5 Å². The molecule has 4 nitrogen and oxygen atoms in total. The SMILES string of the molecule is COc1cc(CNCc2ccco2)cc(Cl)c1OCc1ccccc1F.[Cl-]. The minimum atomic E-state index is -0.318. The number of nitrogens with one attached hydrogen (secondary N) is 1. The fourth-order valence-corrected chi connectivity index (χ4v) is 2.81. The molecule has 0 atom stereocenters. The summed E-state index contributed by atoms with van der Waals surface area (Å²) >= 11 is 6.35. The Bertz CT molecular complexity index is 856. The molecule has 0 aliphatic heterocycles. The van der Waals surface area contributed by atoms with Gasteiger partial charge in [0.1, 0.15) is 18.2 Å². The average molecular weight is 411 g/mol. The van der Waals surface area contributed by atoms with E-state index < -0.39 is 0 Å². The maximum Gasteiger partial charge on any atom is 0.180 e. The highest BCUT2D eigenvalue weighted by Gasteiger charge is 2.13. The van der Waals surface area contributed by atoms with Gasteiger partial charge in [-0.25, -0.2) is 4.39 Å². The second kappa shape index (κ2) is 10.2. The number of benzene rings is 2. The number of ether oxygens (including phenoxy) is 2. The molecule has 0 fully saturated rings. The number of furan rings is 1. The molecule has 2 aromatic carbocycles. The Morgan fingerprint density at radius 3 is 2.63 bits per heavy atom. The van der Waals surface area contributed by atoms with Crippen LogP contribution in [-0.2, 0) is 19.7 Å². The van der Waals surface area contributed by atoms with E-state index in [2.05, 4.69) is 5.32 Å². The van der Waals surface area contributed by atoms with E-state index in [9.17, 15) is 4.39 Å². The highest BCUT2D eigenvalue weighted by molar-refractivity contribution is 6.32. The fraction of sp³-hybridized carbons (Fsp3) is 0.200. The first kappa shape index (κ1) is 21.1. The number of halogens is 3. The van der Waals surface area contributed by atoms with Crippen LogP contribution in [0.4, 0.5) is 4.39 Å². The van der Waals surface area contributed by atoms with Crippen LogP contribution in [0.5, 0.6) is 11.5 Å². The van der Waals surface area contributed by atoms with Gasteiger partial charge < -0.3 is 31.6 Å². The van der Waals surface area contributed by atoms with Gasteiger partial charge in [-0.2, -0.15) is 0 Å². The van der Waals surface area contributed by atoms with Gasteiger partial charge in [-0.05, 0) is 35.9 Å². The third kappa shape index (κ3) is 5.63. The van der Waals surface area contributed by atoms with Gasteiger partial charge >= 0.3 is 0 Å². The monoisotopic (exact) mass is 410 g/mol. The largest absolute Gasteiger partial charge is 1.00 e. The maximum atomic E-state index is 13.7. The zero-order chi connectivity index (χ0) is 18.4. The lowest BCUT2D eigenvalue weighted by molar-refractivity contribution is -0.00000687. The smallest absolute Gasteiger partial charge is 0.180 e. The third-order valence-electron chi connectivity index (χ3n) is 3.83. The number of hydrogen-bond acceptors (Lipinski definition) is 4. The molecule has 0 radical (unpaired) electrons. The quantitative estimate of drug-likeness (QED) is 0.616. The summed E-state index contributed by atoms with van der Waals surface area (Å²) in [6.07, 6.45) is 1.64. The van der Waals surface area contributed by atoms with Crippen molar-refractivity contribution >= 4 is 11.6 Å². The van der Waals surface area contributed by atoms with E-state index in [0.29, 0.717) is 35.2 Å². The molecular formula is C20H19Cl2FNO3-. The van der Waals surface area contributed by atoms with E-state index in [4.69, 9.17) is 25.5 Å². The fourth-order valence-electron chi connectivity index (χ4n) is 2.52. The molecule has 0 aliphatic rings. The van der Waals surface area contributed by atoms with E-state index in [0.717, 1.165) is 11.3 Å². The van der Waals surface area contributed by atoms with Crippen molar-refractivity contribution in [1.29, 1.82) is 0 Å². The zero-order valence-electron chi connectivity index (χ0n) is 14.7. The van der Waals surface area contributed by atoms with Crippen LogP contribution in [0.15, 0.2) is 59.2 Å². The molecule has 144 valence electrons. The van der Waals surface area contributed by atoms with Crippen molar-refractivity contribution in [1.82, 2.24) is 5.32 Å². The van der Waals surface area contributed by atoms with Crippen molar-refractivity contribution in [3.63, 3.8) is 0 Å². The van der Waals surface area contributed by atoms with Crippen LogP contribution >= 0.6 is 11.6 Å². The first-order chi connectivity index (χ1) is 12.7. The minimum Gasteiger partial charge on any atom is -1.00 e. The summed E-state index contributed by atoms with van der Waals surface area (Å²) in [4.78, 5) is 0. The Morgan fingerprint density at radius 1 is 1.11 bits per heavy atom. The summed E-state index contributed by atoms with van der Waals surface area (Å²) < 4.78 is 30.1. The molecule has 0 amide bonds. The Labute approximate surface area is 168 Å². The zero-order valence-corrected chi connectivity index (χ0v) is 16.2. The standard InChI is InChI=1S/C20H19ClFNO3.ClH/c1-24-19-10-14(11-23-12-16-6-4-8-25-16)9-17(21)20(19)26-13-15-5-2-3-7-18(15)22;/h2-10,23H,11-13H2,1H3;1H/p-1. The van der Waals surface area contributed by atoms with E-state index in [-0.39, 0.29) is 24.8 Å². The number of methoxy groups -OCH3 is 1. The molecule has 0 saturated carbocycles. The van der Waals surface area contributed by atoms with Crippen LogP contribution in [0.25, 0.3) is 0 Å². The third-order valence-corrected chi connectivity index (χ3v) is 4.11. The van der Waals surface area contributed by atoms with Gasteiger partial charge in [-0.1, -0.05) is 29.8 Å². The number of rotatable bonds is 8. The molecule has 0 bridgehead atoms. The lowest BCUT2D eigenvalue weighted by Gasteiger charge is -2.15. The van der Waals surface area contributed by atoms with Gasteiger partial charge in [-0.3, -0.25) is 0 Å². The summed E-state index contributed by atoms with van der Waals surface area (Å²) in [5, 5.41) is 3.68. The molecule has 1 N–H and O–H groups in total. The highest BCUT2D eigenvalue weighted by atomic mass is 35.5. The molecule has 0 saturated heterocycles. The Balaban J connectivity index is 0.00000261. The van der Waals surface area contributed by atoms with Crippen molar-refractivity contribution in [2.24, 2.45) is 0 Å². The summed E-state index contributed by atoms with van der Waals surface area (Å²) in [7, 11) is 1.54. The summed E-state index contributed by atoms with van der Waals surface area (Å²) in [6, 6.07) is 13.9. The molecule has 1 heterocycles. The van der Waals surface area contributed by atoms with Gasteiger partial charge in [0.25, 0.3) is 0 Å². The Morgan fingerprint density at radius 2 is 1.93 bits per heavy atom. The van der Waals surface area contributed by atoms with Crippen molar-refractivity contribution in [2.75, 3.05) is 7.11 Å². The first-order valence-corrected chi connectivity index (χ1v) is 8.51. The molecule has 3 rings (SSSR count).